The monoisotopic (exact) mass is 335 g/mol. The summed E-state index contributed by atoms with van der Waals surface area (Å²) in [6.45, 7) is 5.86. The van der Waals surface area contributed by atoms with Crippen LogP contribution < -0.4 is 16.0 Å². The Labute approximate surface area is 127 Å². The molecule has 1 aromatic carbocycles. The average molecular weight is 336 g/mol. The summed E-state index contributed by atoms with van der Waals surface area (Å²) in [7, 11) is 0. The van der Waals surface area contributed by atoms with Gasteiger partial charge in [-0.1, -0.05) is 22.0 Å². The van der Waals surface area contributed by atoms with Gasteiger partial charge in [0.2, 0.25) is 0 Å². The number of hydrogen-bond acceptors (Lipinski definition) is 5. The Morgan fingerprint density at radius 3 is 2.65 bits per heavy atom. The van der Waals surface area contributed by atoms with E-state index in [1.165, 1.54) is 6.33 Å². The van der Waals surface area contributed by atoms with E-state index < -0.39 is 0 Å². The molecule has 5 nitrogen and oxygen atoms in total. The van der Waals surface area contributed by atoms with Crippen LogP contribution in [0.3, 0.4) is 0 Å². The minimum Gasteiger partial charge on any atom is -0.393 e. The van der Waals surface area contributed by atoms with E-state index in [2.05, 4.69) is 50.0 Å². The topological polar surface area (TPSA) is 67.1 Å². The van der Waals surface area contributed by atoms with Crippen molar-refractivity contribution in [2.75, 3.05) is 29.0 Å². The first-order valence-corrected chi connectivity index (χ1v) is 7.33. The van der Waals surface area contributed by atoms with Crippen LogP contribution in [-0.2, 0) is 0 Å². The van der Waals surface area contributed by atoms with E-state index in [9.17, 15) is 0 Å². The molecule has 3 N–H and O–H groups in total. The summed E-state index contributed by atoms with van der Waals surface area (Å²) in [6.07, 6.45) is 1.53. The third-order valence-corrected chi connectivity index (χ3v) is 3.51. The highest BCUT2D eigenvalue weighted by Gasteiger charge is 2.12. The van der Waals surface area contributed by atoms with Gasteiger partial charge < -0.3 is 16.0 Å². The Hall–Kier alpha value is -1.82. The highest BCUT2D eigenvalue weighted by molar-refractivity contribution is 9.10. The van der Waals surface area contributed by atoms with Crippen molar-refractivity contribution in [3.8, 4) is 0 Å². The fraction of sp³-hybridized carbons (Fsp3) is 0.286. The van der Waals surface area contributed by atoms with E-state index in [1.807, 2.05) is 24.3 Å². The van der Waals surface area contributed by atoms with Crippen LogP contribution in [0.15, 0.2) is 35.1 Å². The second kappa shape index (κ2) is 6.56. The first kappa shape index (κ1) is 14.6. The maximum absolute atomic E-state index is 6.18. The van der Waals surface area contributed by atoms with Crippen molar-refractivity contribution >= 4 is 38.9 Å². The van der Waals surface area contributed by atoms with Crippen LogP contribution in [-0.4, -0.2) is 23.1 Å². The fourth-order valence-electron chi connectivity index (χ4n) is 1.96. The third kappa shape index (κ3) is 3.19. The molecule has 0 spiro atoms. The summed E-state index contributed by atoms with van der Waals surface area (Å²) >= 11 is 3.44. The number of benzene rings is 1. The van der Waals surface area contributed by atoms with E-state index in [1.54, 1.807) is 0 Å². The van der Waals surface area contributed by atoms with Gasteiger partial charge in [-0.15, -0.1) is 0 Å². The molecule has 1 aromatic heterocycles. The summed E-state index contributed by atoms with van der Waals surface area (Å²) in [6, 6.07) is 7.85. The molecule has 0 saturated heterocycles. The van der Waals surface area contributed by atoms with Gasteiger partial charge in [0.15, 0.2) is 11.6 Å². The molecule has 1 heterocycles. The lowest BCUT2D eigenvalue weighted by atomic mass is 10.3. The second-order valence-corrected chi connectivity index (χ2v) is 5.18. The second-order valence-electron chi connectivity index (χ2n) is 4.27. The number of nitrogens with one attached hydrogen (secondary N) is 1. The summed E-state index contributed by atoms with van der Waals surface area (Å²) in [4.78, 5) is 10.6. The molecule has 0 fully saturated rings. The number of aromatic nitrogens is 2. The summed E-state index contributed by atoms with van der Waals surface area (Å²) in [5.41, 5.74) is 7.67. The predicted octanol–water partition coefficient (Wildman–Crippen LogP) is 3.41. The molecule has 0 aliphatic rings. The predicted molar refractivity (Wildman–Crippen MR) is 87.4 cm³/mol. The number of rotatable bonds is 5. The number of anilines is 4. The lowest BCUT2D eigenvalue weighted by Crippen LogP contribution is -2.24. The van der Waals surface area contributed by atoms with Crippen molar-refractivity contribution in [1.29, 1.82) is 0 Å². The maximum Gasteiger partial charge on any atom is 0.159 e. The maximum atomic E-state index is 6.18. The van der Waals surface area contributed by atoms with Crippen LogP contribution in [0.4, 0.5) is 23.0 Å². The number of hydrogen-bond donors (Lipinski definition) is 2. The molecule has 0 amide bonds. The standard InChI is InChI=1S/C14H18BrN5/c1-3-20(4-2)14-12(16)13(17-9-18-14)19-11-7-5-6-10(15)8-11/h5-9H,3-4,16H2,1-2H3,(H,17,18,19). The van der Waals surface area contributed by atoms with Crippen molar-refractivity contribution < 1.29 is 0 Å². The zero-order valence-electron chi connectivity index (χ0n) is 11.6. The van der Waals surface area contributed by atoms with Gasteiger partial charge in [-0.2, -0.15) is 0 Å². The normalized spacial score (nSPS) is 10.3. The van der Waals surface area contributed by atoms with Gasteiger partial charge >= 0.3 is 0 Å². The molecule has 20 heavy (non-hydrogen) atoms. The van der Waals surface area contributed by atoms with Gasteiger partial charge in [-0.05, 0) is 32.0 Å². The van der Waals surface area contributed by atoms with Gasteiger partial charge in [-0.3, -0.25) is 0 Å². The molecule has 0 aliphatic heterocycles. The van der Waals surface area contributed by atoms with E-state index in [-0.39, 0.29) is 0 Å². The Balaban J connectivity index is 2.31. The Morgan fingerprint density at radius 2 is 2.00 bits per heavy atom. The van der Waals surface area contributed by atoms with Crippen molar-refractivity contribution in [1.82, 2.24) is 9.97 Å². The summed E-state index contributed by atoms with van der Waals surface area (Å²) in [5.74, 6) is 1.39. The van der Waals surface area contributed by atoms with Gasteiger partial charge in [0.05, 0.1) is 0 Å². The lowest BCUT2D eigenvalue weighted by Gasteiger charge is -2.22. The highest BCUT2D eigenvalue weighted by atomic mass is 79.9. The van der Waals surface area contributed by atoms with E-state index in [0.717, 1.165) is 29.1 Å². The molecule has 0 bridgehead atoms. The number of nitrogens with zero attached hydrogens (tertiary/aromatic N) is 3. The van der Waals surface area contributed by atoms with Crippen molar-refractivity contribution in [3.05, 3.63) is 35.1 Å². The van der Waals surface area contributed by atoms with E-state index in [0.29, 0.717) is 11.5 Å². The Morgan fingerprint density at radius 1 is 1.25 bits per heavy atom. The first-order valence-electron chi connectivity index (χ1n) is 6.53. The number of nitrogen functional groups attached to an aromatic ring is 1. The largest absolute Gasteiger partial charge is 0.393 e. The van der Waals surface area contributed by atoms with Crippen LogP contribution in [0.5, 0.6) is 0 Å². The van der Waals surface area contributed by atoms with Crippen molar-refractivity contribution in [3.63, 3.8) is 0 Å². The minimum atomic E-state index is 0.566. The zero-order chi connectivity index (χ0) is 14.5. The third-order valence-electron chi connectivity index (χ3n) is 3.01. The number of nitrogens with two attached hydrogens (primary N) is 1. The smallest absolute Gasteiger partial charge is 0.159 e. The minimum absolute atomic E-state index is 0.566. The van der Waals surface area contributed by atoms with Crippen LogP contribution in [0, 0.1) is 0 Å². The van der Waals surface area contributed by atoms with Crippen LogP contribution >= 0.6 is 15.9 Å². The number of halogens is 1. The molecule has 6 heteroatoms. The molecule has 0 saturated carbocycles. The van der Waals surface area contributed by atoms with E-state index in [4.69, 9.17) is 5.73 Å². The molecule has 2 rings (SSSR count). The molecule has 0 aliphatic carbocycles. The van der Waals surface area contributed by atoms with E-state index >= 15 is 0 Å². The van der Waals surface area contributed by atoms with Crippen molar-refractivity contribution in [2.24, 2.45) is 0 Å². The molecule has 0 atom stereocenters. The molecule has 2 aromatic rings. The zero-order valence-corrected chi connectivity index (χ0v) is 13.2. The highest BCUT2D eigenvalue weighted by Crippen LogP contribution is 2.28. The first-order chi connectivity index (χ1) is 9.65. The van der Waals surface area contributed by atoms with Gasteiger partial charge in [0.25, 0.3) is 0 Å². The van der Waals surface area contributed by atoms with Crippen LogP contribution in [0.25, 0.3) is 0 Å². The van der Waals surface area contributed by atoms with Crippen LogP contribution in [0.1, 0.15) is 13.8 Å². The Kier molecular flexibility index (Phi) is 4.79. The van der Waals surface area contributed by atoms with Gasteiger partial charge in [0.1, 0.15) is 12.0 Å². The van der Waals surface area contributed by atoms with Gasteiger partial charge in [-0.25, -0.2) is 9.97 Å². The SMILES string of the molecule is CCN(CC)c1ncnc(Nc2cccc(Br)c2)c1N. The summed E-state index contributed by atoms with van der Waals surface area (Å²) in [5, 5.41) is 3.22. The molecule has 0 unspecified atom stereocenters. The van der Waals surface area contributed by atoms with Crippen molar-refractivity contribution in [2.45, 2.75) is 13.8 Å². The molecule has 0 radical (unpaired) electrons. The molecular formula is C14H18BrN5. The Bertz CT molecular complexity index is 584. The fourth-order valence-corrected chi connectivity index (χ4v) is 2.36. The van der Waals surface area contributed by atoms with Gasteiger partial charge in [0, 0.05) is 23.2 Å². The van der Waals surface area contributed by atoms with Crippen LogP contribution in [0.2, 0.25) is 0 Å². The average Bonchev–Trinajstić information content (AvgIpc) is 2.44. The molecular weight excluding hydrogens is 318 g/mol. The summed E-state index contributed by atoms with van der Waals surface area (Å²) < 4.78 is 0.999. The quantitative estimate of drug-likeness (QED) is 0.876. The lowest BCUT2D eigenvalue weighted by molar-refractivity contribution is 0.844. The molecule has 106 valence electrons.